The van der Waals surface area contributed by atoms with E-state index in [0.29, 0.717) is 29.0 Å². The van der Waals surface area contributed by atoms with Crippen molar-refractivity contribution in [2.45, 2.75) is 0 Å². The number of hydrogen-bond donors (Lipinski definition) is 0. The van der Waals surface area contributed by atoms with Crippen molar-refractivity contribution in [2.24, 2.45) is 0 Å². The first kappa shape index (κ1) is 38.5. The SMILES string of the molecule is c1ccc(N(c2ccc(-c3ccc(N(c4ccccc4)c4ccc(-c5cccc6c5[se]c5ccccc56)cc4)cc3)cc2)c2ccc(-c3cccc4c3[se]c3ccccc34)cc2)cc1. The fraction of sp³-hybridized carbons (Fsp3) is 0. The minimum atomic E-state index is 0.297. The Morgan fingerprint density at radius 1 is 0.219 bits per heavy atom. The molecule has 0 fully saturated rings. The first-order valence-corrected chi connectivity index (χ1v) is 25.1. The average Bonchev–Trinajstić information content (AvgIpc) is 3.95. The normalized spacial score (nSPS) is 11.4. The summed E-state index contributed by atoms with van der Waals surface area (Å²) in [5, 5.41) is 5.55. The fourth-order valence-corrected chi connectivity index (χ4v) is 14.4. The zero-order chi connectivity index (χ0) is 42.4. The molecule has 0 aliphatic heterocycles. The molecule has 0 bridgehead atoms. The fourth-order valence-electron chi connectivity index (χ4n) is 9.18. The number of fused-ring (bicyclic) bond motifs is 6. The van der Waals surface area contributed by atoms with Crippen molar-refractivity contribution < 1.29 is 0 Å². The van der Waals surface area contributed by atoms with Crippen molar-refractivity contribution in [2.75, 3.05) is 9.80 Å². The number of nitrogens with zero attached hydrogens (tertiary/aromatic N) is 2. The van der Waals surface area contributed by atoms with Crippen LogP contribution in [0.15, 0.2) is 243 Å². The first-order chi connectivity index (χ1) is 31.7. The van der Waals surface area contributed by atoms with E-state index in [9.17, 15) is 0 Å². The van der Waals surface area contributed by atoms with Crippen LogP contribution in [0.1, 0.15) is 0 Å². The van der Waals surface area contributed by atoms with Crippen molar-refractivity contribution in [3.63, 3.8) is 0 Å². The maximum absolute atomic E-state index is 2.35. The second-order valence-electron chi connectivity index (χ2n) is 16.1. The molecule has 0 aliphatic carbocycles. The van der Waals surface area contributed by atoms with Gasteiger partial charge in [-0.2, -0.15) is 0 Å². The molecule has 0 spiro atoms. The molecular weight excluding hydrogens is 907 g/mol. The summed E-state index contributed by atoms with van der Waals surface area (Å²) in [6, 6.07) is 88.8. The van der Waals surface area contributed by atoms with Gasteiger partial charge in [-0.05, 0) is 0 Å². The summed E-state index contributed by atoms with van der Waals surface area (Å²) >= 11 is 0.594. The summed E-state index contributed by atoms with van der Waals surface area (Å²) in [6.45, 7) is 0. The number of rotatable bonds is 9. The quantitative estimate of drug-likeness (QED) is 0.133. The second-order valence-corrected chi connectivity index (χ2v) is 20.5. The molecule has 0 N–H and O–H groups in total. The summed E-state index contributed by atoms with van der Waals surface area (Å²) in [4.78, 5) is 4.69. The van der Waals surface area contributed by atoms with E-state index in [4.69, 9.17) is 0 Å². The van der Waals surface area contributed by atoms with Gasteiger partial charge < -0.3 is 0 Å². The van der Waals surface area contributed by atoms with Gasteiger partial charge in [-0.1, -0.05) is 0 Å². The molecular formula is C60H40N2Se2. The molecule has 2 heterocycles. The zero-order valence-corrected chi connectivity index (χ0v) is 38.2. The Hall–Kier alpha value is -7.16. The average molecular weight is 947 g/mol. The summed E-state index contributed by atoms with van der Waals surface area (Å²) in [5.74, 6) is 0. The van der Waals surface area contributed by atoms with Crippen molar-refractivity contribution in [1.82, 2.24) is 0 Å². The van der Waals surface area contributed by atoms with E-state index in [0.717, 1.165) is 34.1 Å². The monoisotopic (exact) mass is 948 g/mol. The standard InChI is InChI=1S/C60H40N2Se2/c1-3-13-45(14-4-1)61(49-37-29-43(30-38-49)51-19-11-21-55-53-17-7-9-23-57(53)63-59(51)55)47-33-25-41(26-34-47)42-27-35-48(36-28-42)62(46-15-5-2-6-16-46)50-39-31-44(32-40-50)52-20-12-22-56-54-18-8-10-24-58(54)64-60(52)56/h1-40H. The molecule has 2 nitrogen and oxygen atoms in total. The van der Waals surface area contributed by atoms with E-state index in [1.54, 1.807) is 0 Å². The van der Waals surface area contributed by atoms with Gasteiger partial charge >= 0.3 is 388 Å². The molecule has 10 aromatic carbocycles. The Kier molecular flexibility index (Phi) is 9.94. The molecule has 4 heteroatoms. The Bertz CT molecular complexity index is 3330. The van der Waals surface area contributed by atoms with E-state index in [2.05, 4.69) is 252 Å². The maximum atomic E-state index is 2.35. The van der Waals surface area contributed by atoms with Crippen LogP contribution in [0, 0.1) is 0 Å². The molecule has 12 aromatic rings. The number of para-hydroxylation sites is 2. The van der Waals surface area contributed by atoms with Crippen LogP contribution in [0.25, 0.3) is 72.0 Å². The molecule has 0 saturated carbocycles. The van der Waals surface area contributed by atoms with Crippen LogP contribution in [0.4, 0.5) is 34.1 Å². The zero-order valence-electron chi connectivity index (χ0n) is 34.8. The molecule has 0 saturated heterocycles. The van der Waals surface area contributed by atoms with Gasteiger partial charge in [0.2, 0.25) is 0 Å². The van der Waals surface area contributed by atoms with Gasteiger partial charge in [0.25, 0.3) is 0 Å². The summed E-state index contributed by atoms with van der Waals surface area (Å²) < 4.78 is 5.90. The molecule has 2 aromatic heterocycles. The van der Waals surface area contributed by atoms with Gasteiger partial charge in [0.1, 0.15) is 0 Å². The summed E-state index contributed by atoms with van der Waals surface area (Å²) in [6.07, 6.45) is 0. The van der Waals surface area contributed by atoms with Crippen molar-refractivity contribution >= 4 is 102 Å². The summed E-state index contributed by atoms with van der Waals surface area (Å²) in [5.41, 5.74) is 14.3. The molecule has 0 radical (unpaired) electrons. The first-order valence-electron chi connectivity index (χ1n) is 21.7. The Balaban J connectivity index is 0.835. The van der Waals surface area contributed by atoms with Gasteiger partial charge in [-0.25, -0.2) is 0 Å². The van der Waals surface area contributed by atoms with Crippen LogP contribution in [0.3, 0.4) is 0 Å². The summed E-state index contributed by atoms with van der Waals surface area (Å²) in [7, 11) is 0. The van der Waals surface area contributed by atoms with Gasteiger partial charge in [-0.15, -0.1) is 0 Å². The molecule has 12 rings (SSSR count). The van der Waals surface area contributed by atoms with Crippen LogP contribution in [-0.2, 0) is 0 Å². The molecule has 302 valence electrons. The topological polar surface area (TPSA) is 6.48 Å². The molecule has 0 unspecified atom stereocenters. The number of anilines is 6. The minimum absolute atomic E-state index is 0.297. The van der Waals surface area contributed by atoms with Crippen LogP contribution in [0.5, 0.6) is 0 Å². The van der Waals surface area contributed by atoms with Crippen molar-refractivity contribution in [3.8, 4) is 33.4 Å². The van der Waals surface area contributed by atoms with Crippen LogP contribution in [-0.4, -0.2) is 29.0 Å². The Morgan fingerprint density at radius 3 is 0.891 bits per heavy atom. The van der Waals surface area contributed by atoms with E-state index in [1.165, 1.54) is 72.0 Å². The third-order valence-corrected chi connectivity index (χ3v) is 17.4. The van der Waals surface area contributed by atoms with E-state index in [1.807, 2.05) is 0 Å². The van der Waals surface area contributed by atoms with E-state index < -0.39 is 0 Å². The van der Waals surface area contributed by atoms with Crippen molar-refractivity contribution in [1.29, 1.82) is 0 Å². The Morgan fingerprint density at radius 2 is 0.516 bits per heavy atom. The Labute approximate surface area is 385 Å². The van der Waals surface area contributed by atoms with Crippen molar-refractivity contribution in [3.05, 3.63) is 243 Å². The number of benzene rings is 10. The van der Waals surface area contributed by atoms with Crippen LogP contribution in [0.2, 0.25) is 0 Å². The van der Waals surface area contributed by atoms with Crippen LogP contribution >= 0.6 is 0 Å². The predicted molar refractivity (Wildman–Crippen MR) is 276 cm³/mol. The van der Waals surface area contributed by atoms with Gasteiger partial charge in [0, 0.05) is 0 Å². The third-order valence-electron chi connectivity index (χ3n) is 12.3. The van der Waals surface area contributed by atoms with E-state index in [-0.39, 0.29) is 0 Å². The van der Waals surface area contributed by atoms with Gasteiger partial charge in [0.05, 0.1) is 0 Å². The predicted octanol–water partition coefficient (Wildman–Crippen LogP) is 16.4. The van der Waals surface area contributed by atoms with Gasteiger partial charge in [0.15, 0.2) is 0 Å². The molecule has 64 heavy (non-hydrogen) atoms. The second kappa shape index (κ2) is 16.5. The van der Waals surface area contributed by atoms with Crippen LogP contribution < -0.4 is 9.80 Å². The third kappa shape index (κ3) is 6.99. The molecule has 0 aliphatic rings. The van der Waals surface area contributed by atoms with E-state index >= 15 is 0 Å². The molecule has 0 amide bonds. The van der Waals surface area contributed by atoms with Gasteiger partial charge in [-0.3, -0.25) is 0 Å². The number of hydrogen-bond acceptors (Lipinski definition) is 2. The molecule has 0 atom stereocenters.